The van der Waals surface area contributed by atoms with E-state index in [1.54, 1.807) is 13.2 Å². The minimum atomic E-state index is -0.697. The van der Waals surface area contributed by atoms with Gasteiger partial charge in [-0.15, -0.1) is 0 Å². The van der Waals surface area contributed by atoms with E-state index >= 15 is 0 Å². The smallest absolute Gasteiger partial charge is 0.495 e. The van der Waals surface area contributed by atoms with Gasteiger partial charge in [-0.2, -0.15) is 0 Å². The fourth-order valence-electron chi connectivity index (χ4n) is 1.16. The lowest BCUT2D eigenvalue weighted by molar-refractivity contribution is -0.0394. The van der Waals surface area contributed by atoms with Crippen LogP contribution in [-0.2, 0) is 18.9 Å². The summed E-state index contributed by atoms with van der Waals surface area (Å²) in [4.78, 5) is 10.7. The molecule has 0 N–H and O–H groups in total. The van der Waals surface area contributed by atoms with Crippen molar-refractivity contribution in [2.24, 2.45) is 0 Å². The molecule has 0 aromatic carbocycles. The van der Waals surface area contributed by atoms with Crippen LogP contribution in [0.15, 0.2) is 12.3 Å². The molecular weight excluding hydrogens is 200 g/mol. The van der Waals surface area contributed by atoms with E-state index in [-0.39, 0.29) is 18.3 Å². The number of methoxy groups -OCH3 is 1. The third-order valence-corrected chi connectivity index (χ3v) is 2.01. The van der Waals surface area contributed by atoms with E-state index in [4.69, 9.17) is 14.2 Å². The van der Waals surface area contributed by atoms with Gasteiger partial charge in [-0.05, 0) is 19.9 Å². The minimum absolute atomic E-state index is 0.00956. The molecule has 1 aliphatic heterocycles. The second kappa shape index (κ2) is 5.60. The maximum atomic E-state index is 10.7. The van der Waals surface area contributed by atoms with Crippen molar-refractivity contribution in [1.82, 2.24) is 0 Å². The zero-order chi connectivity index (χ0) is 11.3. The Hall–Kier alpha value is -1.23. The second-order valence-electron chi connectivity index (χ2n) is 3.35. The fraction of sp³-hybridized carbons (Fsp3) is 0.700. The van der Waals surface area contributed by atoms with Crippen molar-refractivity contribution in [3.8, 4) is 0 Å². The first-order valence-corrected chi connectivity index (χ1v) is 4.82. The molecular formula is C10H16O5. The summed E-state index contributed by atoms with van der Waals surface area (Å²) in [5, 5.41) is 0. The first-order valence-electron chi connectivity index (χ1n) is 4.82. The molecule has 0 spiro atoms. The molecule has 5 nitrogen and oxygen atoms in total. The van der Waals surface area contributed by atoms with Crippen LogP contribution in [0.25, 0.3) is 0 Å². The molecule has 0 aromatic rings. The molecule has 0 amide bonds. The third kappa shape index (κ3) is 3.79. The molecule has 3 atom stereocenters. The van der Waals surface area contributed by atoms with Crippen LogP contribution in [0.5, 0.6) is 0 Å². The molecule has 1 aliphatic rings. The van der Waals surface area contributed by atoms with Gasteiger partial charge in [0, 0.05) is 0 Å². The van der Waals surface area contributed by atoms with Crippen LogP contribution in [-0.4, -0.2) is 38.2 Å². The van der Waals surface area contributed by atoms with Crippen molar-refractivity contribution in [3.05, 3.63) is 12.3 Å². The highest BCUT2D eigenvalue weighted by molar-refractivity contribution is 5.59. The predicted octanol–water partition coefficient (Wildman–Crippen LogP) is 1.48. The van der Waals surface area contributed by atoms with Crippen molar-refractivity contribution < 1.29 is 23.7 Å². The second-order valence-corrected chi connectivity index (χ2v) is 3.35. The Morgan fingerprint density at radius 1 is 1.60 bits per heavy atom. The maximum Gasteiger partial charge on any atom is 0.508 e. The van der Waals surface area contributed by atoms with E-state index in [1.165, 1.54) is 7.11 Å². The Morgan fingerprint density at radius 2 is 2.33 bits per heavy atom. The lowest BCUT2D eigenvalue weighted by Crippen LogP contribution is -2.27. The van der Waals surface area contributed by atoms with Crippen LogP contribution in [0.1, 0.15) is 13.8 Å². The number of ether oxygens (including phenoxy) is 4. The topological polar surface area (TPSA) is 54.0 Å². The molecule has 0 fully saturated rings. The van der Waals surface area contributed by atoms with Crippen molar-refractivity contribution in [2.45, 2.75) is 32.2 Å². The van der Waals surface area contributed by atoms with Crippen LogP contribution in [0, 0.1) is 0 Å². The van der Waals surface area contributed by atoms with E-state index in [9.17, 15) is 4.79 Å². The van der Waals surface area contributed by atoms with Gasteiger partial charge in [0.1, 0.15) is 18.3 Å². The van der Waals surface area contributed by atoms with Crippen LogP contribution >= 0.6 is 0 Å². The van der Waals surface area contributed by atoms with Gasteiger partial charge < -0.3 is 18.9 Å². The van der Waals surface area contributed by atoms with Crippen LogP contribution in [0.2, 0.25) is 0 Å². The molecule has 0 radical (unpaired) electrons. The summed E-state index contributed by atoms with van der Waals surface area (Å²) in [6.45, 7) is 3.97. The summed E-state index contributed by atoms with van der Waals surface area (Å²) in [6.07, 6.45) is 2.34. The molecule has 1 rings (SSSR count). The monoisotopic (exact) mass is 216 g/mol. The van der Waals surface area contributed by atoms with Crippen LogP contribution in [0.4, 0.5) is 4.79 Å². The quantitative estimate of drug-likeness (QED) is 0.666. The maximum absolute atomic E-state index is 10.7. The normalized spacial score (nSPS) is 25.8. The van der Waals surface area contributed by atoms with Crippen molar-refractivity contribution in [2.75, 3.05) is 13.7 Å². The molecule has 0 aliphatic carbocycles. The van der Waals surface area contributed by atoms with Crippen molar-refractivity contribution >= 4 is 6.16 Å². The highest BCUT2D eigenvalue weighted by Gasteiger charge is 2.21. The average molecular weight is 216 g/mol. The zero-order valence-electron chi connectivity index (χ0n) is 9.14. The van der Waals surface area contributed by atoms with Gasteiger partial charge >= 0.3 is 6.16 Å². The third-order valence-electron chi connectivity index (χ3n) is 2.01. The van der Waals surface area contributed by atoms with Gasteiger partial charge in [0.15, 0.2) is 0 Å². The van der Waals surface area contributed by atoms with E-state index in [0.717, 1.165) is 0 Å². The fourth-order valence-corrected chi connectivity index (χ4v) is 1.16. The van der Waals surface area contributed by atoms with Gasteiger partial charge in [-0.1, -0.05) is 0 Å². The van der Waals surface area contributed by atoms with Gasteiger partial charge in [-0.25, -0.2) is 4.79 Å². The molecule has 0 bridgehead atoms. The lowest BCUT2D eigenvalue weighted by Gasteiger charge is -2.18. The number of hydrogen-bond acceptors (Lipinski definition) is 5. The number of rotatable bonds is 4. The Bertz CT molecular complexity index is 238. The standard InChI is InChI=1S/C10H16O5/c1-7(15-10(11)12-3)6-14-9-4-5-13-8(9)2/h4-5,7-9H,6H2,1-3H3/t7?,8-,9-/m1/s1. The van der Waals surface area contributed by atoms with Crippen molar-refractivity contribution in [1.29, 1.82) is 0 Å². The average Bonchev–Trinajstić information content (AvgIpc) is 2.61. The largest absolute Gasteiger partial charge is 0.508 e. The first-order chi connectivity index (χ1) is 7.13. The Balaban J connectivity index is 2.19. The lowest BCUT2D eigenvalue weighted by atomic mass is 10.2. The summed E-state index contributed by atoms with van der Waals surface area (Å²) >= 11 is 0. The summed E-state index contributed by atoms with van der Waals surface area (Å²) < 4.78 is 19.8. The first kappa shape index (κ1) is 11.8. The van der Waals surface area contributed by atoms with Gasteiger partial charge in [0.2, 0.25) is 0 Å². The van der Waals surface area contributed by atoms with E-state index in [2.05, 4.69) is 4.74 Å². The number of carbonyl (C=O) groups is 1. The Labute approximate surface area is 88.9 Å². The SMILES string of the molecule is COC(=O)OC(C)CO[C@@H]1C=CO[C@@H]1C. The van der Waals surface area contributed by atoms with Crippen LogP contribution < -0.4 is 0 Å². The molecule has 1 heterocycles. The molecule has 1 unspecified atom stereocenters. The van der Waals surface area contributed by atoms with E-state index in [0.29, 0.717) is 6.61 Å². The Kier molecular flexibility index (Phi) is 4.42. The molecule has 0 saturated carbocycles. The minimum Gasteiger partial charge on any atom is -0.495 e. The summed E-state index contributed by atoms with van der Waals surface area (Å²) in [5.41, 5.74) is 0. The molecule has 5 heteroatoms. The number of hydrogen-bond donors (Lipinski definition) is 0. The van der Waals surface area contributed by atoms with Gasteiger partial charge in [0.05, 0.1) is 20.0 Å². The van der Waals surface area contributed by atoms with E-state index < -0.39 is 6.16 Å². The highest BCUT2D eigenvalue weighted by Crippen LogP contribution is 2.13. The molecule has 15 heavy (non-hydrogen) atoms. The summed E-state index contributed by atoms with van der Waals surface area (Å²) in [6, 6.07) is 0. The molecule has 0 saturated heterocycles. The van der Waals surface area contributed by atoms with Crippen molar-refractivity contribution in [3.63, 3.8) is 0 Å². The van der Waals surface area contributed by atoms with Gasteiger partial charge in [0.25, 0.3) is 0 Å². The number of carbonyl (C=O) groups excluding carboxylic acids is 1. The highest BCUT2D eigenvalue weighted by atomic mass is 16.7. The zero-order valence-corrected chi connectivity index (χ0v) is 9.14. The predicted molar refractivity (Wildman–Crippen MR) is 52.4 cm³/mol. The molecule has 0 aromatic heterocycles. The summed E-state index contributed by atoms with van der Waals surface area (Å²) in [5.74, 6) is 0. The molecule has 86 valence electrons. The van der Waals surface area contributed by atoms with Gasteiger partial charge in [-0.3, -0.25) is 0 Å². The van der Waals surface area contributed by atoms with E-state index in [1.807, 2.05) is 13.0 Å². The Morgan fingerprint density at radius 3 is 2.87 bits per heavy atom. The summed E-state index contributed by atoms with van der Waals surface area (Å²) in [7, 11) is 1.27. The van der Waals surface area contributed by atoms with Crippen LogP contribution in [0.3, 0.4) is 0 Å².